The van der Waals surface area contributed by atoms with Crippen molar-refractivity contribution in [2.45, 2.75) is 74.9 Å². The number of hydrogen-bond acceptors (Lipinski definition) is 5. The number of likely N-dealkylation sites (N-methyl/N-ethyl adjacent to an activating group) is 1. The van der Waals surface area contributed by atoms with Gasteiger partial charge in [0.15, 0.2) is 0 Å². The molecule has 0 radical (unpaired) electrons. The Balaban J connectivity index is 1.21. The fourth-order valence-corrected chi connectivity index (χ4v) is 10.2. The number of nitrogens with zero attached hydrogens (tertiary/aromatic N) is 2. The summed E-state index contributed by atoms with van der Waals surface area (Å²) in [7, 11) is 4.02. The van der Waals surface area contributed by atoms with Crippen LogP contribution in [0.5, 0.6) is 0 Å². The van der Waals surface area contributed by atoms with E-state index >= 15 is 0 Å². The van der Waals surface area contributed by atoms with Crippen LogP contribution in [-0.4, -0.2) is 63.6 Å². The van der Waals surface area contributed by atoms with E-state index in [0.717, 1.165) is 49.3 Å². The average molecular weight is 519 g/mol. The van der Waals surface area contributed by atoms with Crippen molar-refractivity contribution < 1.29 is 14.9 Å². The molecule has 3 unspecified atom stereocenters. The molecule has 2 bridgehead atoms. The number of allylic oxidation sites excluding steroid dienone is 3. The minimum absolute atomic E-state index is 0.0278. The molecule has 4 aliphatic carbocycles. The Hall–Kier alpha value is -1.76. The molecule has 8 rings (SSSR count). The Morgan fingerprint density at radius 2 is 1.95 bits per heavy atom. The van der Waals surface area contributed by atoms with Crippen LogP contribution in [0.15, 0.2) is 48.2 Å². The number of hydrogen-bond donors (Lipinski definition) is 2. The highest BCUT2D eigenvalue weighted by atomic mass is 35.5. The number of ether oxygens (including phenoxy) is 1. The molecule has 1 aromatic heterocycles. The second kappa shape index (κ2) is 7.05. The molecule has 3 spiro atoms. The zero-order valence-corrected chi connectivity index (χ0v) is 22.5. The van der Waals surface area contributed by atoms with E-state index in [1.54, 1.807) is 6.20 Å². The van der Waals surface area contributed by atoms with Crippen molar-refractivity contribution in [1.82, 2.24) is 9.88 Å². The van der Waals surface area contributed by atoms with Crippen molar-refractivity contribution in [3.05, 3.63) is 58.9 Å². The highest BCUT2D eigenvalue weighted by molar-refractivity contribution is 6.34. The van der Waals surface area contributed by atoms with Gasteiger partial charge in [-0.1, -0.05) is 42.8 Å². The van der Waals surface area contributed by atoms with Gasteiger partial charge in [-0.15, -0.1) is 0 Å². The zero-order chi connectivity index (χ0) is 25.5. The fraction of sp³-hybridized carbons (Fsp3) is 0.581. The third-order valence-electron chi connectivity index (χ3n) is 11.7. The van der Waals surface area contributed by atoms with Crippen LogP contribution in [0.4, 0.5) is 0 Å². The van der Waals surface area contributed by atoms with Crippen LogP contribution in [0.2, 0.25) is 5.15 Å². The molecule has 2 saturated heterocycles. The third-order valence-corrected chi connectivity index (χ3v) is 12.0. The van der Waals surface area contributed by atoms with Gasteiger partial charge in [0.25, 0.3) is 0 Å². The highest BCUT2D eigenvalue weighted by Crippen LogP contribution is 2.81. The molecule has 2 N–H and O–H groups in total. The Morgan fingerprint density at radius 1 is 1.11 bits per heavy atom. The first-order chi connectivity index (χ1) is 17.7. The minimum Gasteiger partial charge on any atom is -0.390 e. The third kappa shape index (κ3) is 2.55. The lowest BCUT2D eigenvalue weighted by Gasteiger charge is -2.59. The van der Waals surface area contributed by atoms with Crippen molar-refractivity contribution in [3.63, 3.8) is 0 Å². The molecule has 3 heterocycles. The van der Waals surface area contributed by atoms with Crippen LogP contribution in [0.3, 0.4) is 0 Å². The van der Waals surface area contributed by atoms with Gasteiger partial charge in [0.2, 0.25) is 0 Å². The molecule has 194 valence electrons. The SMILES string of the molecule is CN(C)[C@H]1C[C@@]23CC[C@@]4(O2)C(=CC[C@]2(C)C(c5ccc6ccnc(Cl)c6c5)=CCC24)C2CC23[C@@H](O)[C@@H]1O. The zero-order valence-electron chi connectivity index (χ0n) is 21.7. The number of benzene rings is 1. The van der Waals surface area contributed by atoms with Gasteiger partial charge < -0.3 is 19.8 Å². The lowest BCUT2D eigenvalue weighted by Crippen LogP contribution is -2.67. The summed E-state index contributed by atoms with van der Waals surface area (Å²) in [6.45, 7) is 2.43. The van der Waals surface area contributed by atoms with Crippen LogP contribution in [0, 0.1) is 22.7 Å². The predicted octanol–water partition coefficient (Wildman–Crippen LogP) is 4.99. The second-order valence-electron chi connectivity index (χ2n) is 13.2. The topological polar surface area (TPSA) is 65.8 Å². The van der Waals surface area contributed by atoms with Crippen LogP contribution < -0.4 is 0 Å². The normalized spacial score (nSPS) is 47.2. The quantitative estimate of drug-likeness (QED) is 0.433. The molecule has 2 saturated carbocycles. The summed E-state index contributed by atoms with van der Waals surface area (Å²) < 4.78 is 7.45. The molecule has 6 aliphatic rings. The molecular weight excluding hydrogens is 484 g/mol. The van der Waals surface area contributed by atoms with E-state index < -0.39 is 12.2 Å². The van der Waals surface area contributed by atoms with Crippen molar-refractivity contribution in [3.8, 4) is 0 Å². The van der Waals surface area contributed by atoms with E-state index in [0.29, 0.717) is 17.0 Å². The second-order valence-corrected chi connectivity index (χ2v) is 13.5. The fourth-order valence-electron chi connectivity index (χ4n) is 9.93. The monoisotopic (exact) mass is 518 g/mol. The number of aliphatic hydroxyl groups is 2. The number of aromatic nitrogens is 1. The molecule has 9 atom stereocenters. The molecule has 4 fully saturated rings. The van der Waals surface area contributed by atoms with Gasteiger partial charge >= 0.3 is 0 Å². The first-order valence-corrected chi connectivity index (χ1v) is 14.2. The van der Waals surface area contributed by atoms with E-state index in [4.69, 9.17) is 16.3 Å². The predicted molar refractivity (Wildman–Crippen MR) is 144 cm³/mol. The Labute approximate surface area is 223 Å². The van der Waals surface area contributed by atoms with E-state index in [9.17, 15) is 10.2 Å². The summed E-state index contributed by atoms with van der Waals surface area (Å²) in [4.78, 5) is 6.39. The lowest BCUT2D eigenvalue weighted by atomic mass is 9.57. The summed E-state index contributed by atoms with van der Waals surface area (Å²) in [6.07, 6.45) is 10.9. The van der Waals surface area contributed by atoms with Gasteiger partial charge in [0.1, 0.15) is 5.15 Å². The molecule has 37 heavy (non-hydrogen) atoms. The number of fused-ring (bicyclic) bond motifs is 3. The Bertz CT molecular complexity index is 1420. The molecule has 2 aromatic rings. The average Bonchev–Trinajstić information content (AvgIpc) is 3.41. The largest absolute Gasteiger partial charge is 0.390 e. The van der Waals surface area contributed by atoms with Crippen molar-refractivity contribution in [2.75, 3.05) is 14.1 Å². The van der Waals surface area contributed by atoms with Gasteiger partial charge in [-0.25, -0.2) is 4.98 Å². The maximum Gasteiger partial charge on any atom is 0.136 e. The summed E-state index contributed by atoms with van der Waals surface area (Å²) in [5.41, 5.74) is 3.07. The molecular formula is C31H35ClN2O3. The van der Waals surface area contributed by atoms with E-state index in [1.165, 1.54) is 16.7 Å². The van der Waals surface area contributed by atoms with Gasteiger partial charge in [0.05, 0.1) is 23.4 Å². The van der Waals surface area contributed by atoms with Crippen LogP contribution in [0.25, 0.3) is 16.3 Å². The smallest absolute Gasteiger partial charge is 0.136 e. The molecule has 6 heteroatoms. The Morgan fingerprint density at radius 3 is 2.76 bits per heavy atom. The van der Waals surface area contributed by atoms with E-state index in [2.05, 4.69) is 47.2 Å². The lowest BCUT2D eigenvalue weighted by molar-refractivity contribution is -0.248. The first-order valence-electron chi connectivity index (χ1n) is 13.9. The van der Waals surface area contributed by atoms with Crippen molar-refractivity contribution >= 4 is 27.9 Å². The van der Waals surface area contributed by atoms with E-state index in [1.807, 2.05) is 20.2 Å². The number of halogens is 1. The van der Waals surface area contributed by atoms with Crippen LogP contribution in [-0.2, 0) is 4.74 Å². The maximum atomic E-state index is 11.5. The van der Waals surface area contributed by atoms with Gasteiger partial charge in [-0.3, -0.25) is 0 Å². The molecule has 2 aliphatic heterocycles. The highest BCUT2D eigenvalue weighted by Gasteiger charge is 2.84. The van der Waals surface area contributed by atoms with Crippen LogP contribution >= 0.6 is 11.6 Å². The number of rotatable bonds is 2. The summed E-state index contributed by atoms with van der Waals surface area (Å²) in [5.74, 6) is 0.700. The van der Waals surface area contributed by atoms with E-state index in [-0.39, 0.29) is 28.1 Å². The Kier molecular flexibility index (Phi) is 4.41. The standard InChI is InChI=1S/C31H35ClN2O3/c1-28-10-8-21-22-15-30(22)26(36)25(35)23(34(2)3)16-29(30)11-12-31(21,37-29)24(28)7-6-20(28)18-5-4-17-9-13-33-27(32)19(17)14-18/h4-6,8-9,13-14,22-26,35-36H,7,10-12,15-16H2,1-3H3/t22?,23-,24?,25+,26-,28+,29+,30?,31+/m0/s1. The first kappa shape index (κ1) is 23.2. The molecule has 0 amide bonds. The van der Waals surface area contributed by atoms with Gasteiger partial charge in [0, 0.05) is 34.4 Å². The van der Waals surface area contributed by atoms with Gasteiger partial charge in [-0.2, -0.15) is 0 Å². The summed E-state index contributed by atoms with van der Waals surface area (Å²) in [5, 5.41) is 25.3. The summed E-state index contributed by atoms with van der Waals surface area (Å²) >= 11 is 6.49. The van der Waals surface area contributed by atoms with Crippen molar-refractivity contribution in [2.24, 2.45) is 22.7 Å². The maximum absolute atomic E-state index is 11.5. The molecule has 5 nitrogen and oxygen atoms in total. The number of pyridine rings is 1. The molecule has 1 aromatic carbocycles. The van der Waals surface area contributed by atoms with Gasteiger partial charge in [-0.05, 0) is 92.8 Å². The van der Waals surface area contributed by atoms with Crippen LogP contribution in [0.1, 0.15) is 51.0 Å². The summed E-state index contributed by atoms with van der Waals surface area (Å²) in [6, 6.07) is 8.53. The van der Waals surface area contributed by atoms with Crippen molar-refractivity contribution in [1.29, 1.82) is 0 Å². The number of aliphatic hydroxyl groups excluding tert-OH is 2. The minimum atomic E-state index is -0.739.